The zero-order valence-electron chi connectivity index (χ0n) is 12.7. The van der Waals surface area contributed by atoms with Crippen molar-refractivity contribution in [2.24, 2.45) is 5.92 Å². The SMILES string of the molecule is CC(C)C1CC(Nc2ccc(-c3cnc[nH]3)cc2)CCO1. The van der Waals surface area contributed by atoms with E-state index in [2.05, 4.69) is 53.4 Å². The Morgan fingerprint density at radius 1 is 1.29 bits per heavy atom. The fourth-order valence-corrected chi connectivity index (χ4v) is 2.82. The van der Waals surface area contributed by atoms with E-state index >= 15 is 0 Å². The first-order chi connectivity index (χ1) is 10.2. The van der Waals surface area contributed by atoms with Gasteiger partial charge in [0, 0.05) is 18.3 Å². The van der Waals surface area contributed by atoms with E-state index in [0.29, 0.717) is 18.1 Å². The lowest BCUT2D eigenvalue weighted by Gasteiger charge is -2.33. The second-order valence-electron chi connectivity index (χ2n) is 6.06. The topological polar surface area (TPSA) is 49.9 Å². The number of anilines is 1. The number of nitrogens with one attached hydrogen (secondary N) is 2. The van der Waals surface area contributed by atoms with Gasteiger partial charge in [0.2, 0.25) is 0 Å². The van der Waals surface area contributed by atoms with Gasteiger partial charge in [0.05, 0.1) is 24.3 Å². The van der Waals surface area contributed by atoms with E-state index in [1.807, 2.05) is 6.20 Å². The predicted molar refractivity (Wildman–Crippen MR) is 85.2 cm³/mol. The smallest absolute Gasteiger partial charge is 0.0924 e. The van der Waals surface area contributed by atoms with Gasteiger partial charge in [-0.2, -0.15) is 0 Å². The van der Waals surface area contributed by atoms with Crippen LogP contribution in [0.1, 0.15) is 26.7 Å². The second kappa shape index (κ2) is 6.31. The normalized spacial score (nSPS) is 22.4. The minimum Gasteiger partial charge on any atom is -0.382 e. The van der Waals surface area contributed by atoms with Crippen molar-refractivity contribution in [3.05, 3.63) is 36.8 Å². The van der Waals surface area contributed by atoms with Crippen LogP contribution in [0.2, 0.25) is 0 Å². The monoisotopic (exact) mass is 285 g/mol. The second-order valence-corrected chi connectivity index (χ2v) is 6.06. The molecule has 0 bridgehead atoms. The largest absolute Gasteiger partial charge is 0.382 e. The summed E-state index contributed by atoms with van der Waals surface area (Å²) in [4.78, 5) is 7.18. The number of H-pyrrole nitrogens is 1. The molecule has 112 valence electrons. The Balaban J connectivity index is 1.62. The van der Waals surface area contributed by atoms with Gasteiger partial charge in [0.15, 0.2) is 0 Å². The summed E-state index contributed by atoms with van der Waals surface area (Å²) in [5.41, 5.74) is 3.38. The number of hydrogen-bond acceptors (Lipinski definition) is 3. The van der Waals surface area contributed by atoms with Gasteiger partial charge >= 0.3 is 0 Å². The molecular formula is C17H23N3O. The Labute approximate surface area is 125 Å². The van der Waals surface area contributed by atoms with Crippen LogP contribution in [0.4, 0.5) is 5.69 Å². The lowest BCUT2D eigenvalue weighted by Crippen LogP contribution is -2.36. The molecule has 0 aliphatic carbocycles. The Hall–Kier alpha value is -1.81. The van der Waals surface area contributed by atoms with Crippen LogP contribution in [0.15, 0.2) is 36.8 Å². The molecule has 0 spiro atoms. The Morgan fingerprint density at radius 2 is 2.10 bits per heavy atom. The standard InChI is InChI=1S/C17H23N3O/c1-12(2)17-9-15(7-8-21-17)20-14-5-3-13(4-6-14)16-10-18-11-19-16/h3-6,10-12,15,17,20H,7-9H2,1-2H3,(H,18,19). The van der Waals surface area contributed by atoms with Crippen LogP contribution in [0.25, 0.3) is 11.3 Å². The molecule has 1 fully saturated rings. The van der Waals surface area contributed by atoms with Gasteiger partial charge in [-0.15, -0.1) is 0 Å². The first-order valence-electron chi connectivity index (χ1n) is 7.69. The van der Waals surface area contributed by atoms with E-state index in [0.717, 1.165) is 30.7 Å². The molecule has 21 heavy (non-hydrogen) atoms. The molecule has 1 aliphatic rings. The maximum Gasteiger partial charge on any atom is 0.0924 e. The highest BCUT2D eigenvalue weighted by molar-refractivity contribution is 5.62. The summed E-state index contributed by atoms with van der Waals surface area (Å²) in [7, 11) is 0. The van der Waals surface area contributed by atoms with E-state index in [4.69, 9.17) is 4.74 Å². The highest BCUT2D eigenvalue weighted by Crippen LogP contribution is 2.24. The number of aromatic amines is 1. The van der Waals surface area contributed by atoms with Crippen LogP contribution >= 0.6 is 0 Å². The number of aromatic nitrogens is 2. The Bertz CT molecular complexity index is 548. The zero-order chi connectivity index (χ0) is 14.7. The van der Waals surface area contributed by atoms with Crippen molar-refractivity contribution < 1.29 is 4.74 Å². The third-order valence-electron chi connectivity index (χ3n) is 4.12. The molecule has 1 saturated heterocycles. The summed E-state index contributed by atoms with van der Waals surface area (Å²) in [5.74, 6) is 0.581. The average Bonchev–Trinajstić information content (AvgIpc) is 3.02. The van der Waals surface area contributed by atoms with Crippen LogP contribution in [-0.2, 0) is 4.74 Å². The first kappa shape index (κ1) is 14.1. The molecular weight excluding hydrogens is 262 g/mol. The van der Waals surface area contributed by atoms with Crippen molar-refractivity contribution in [2.45, 2.75) is 38.8 Å². The Morgan fingerprint density at radius 3 is 2.76 bits per heavy atom. The summed E-state index contributed by atoms with van der Waals surface area (Å²) in [6.07, 6.45) is 6.08. The molecule has 2 unspecified atom stereocenters. The molecule has 2 heterocycles. The van der Waals surface area contributed by atoms with E-state index in [9.17, 15) is 0 Å². The molecule has 0 radical (unpaired) electrons. The number of nitrogens with zero attached hydrogens (tertiary/aromatic N) is 1. The maximum absolute atomic E-state index is 5.82. The summed E-state index contributed by atoms with van der Waals surface area (Å²) in [6, 6.07) is 9.01. The lowest BCUT2D eigenvalue weighted by molar-refractivity contribution is -0.0160. The molecule has 2 N–H and O–H groups in total. The van der Waals surface area contributed by atoms with Crippen molar-refractivity contribution in [1.29, 1.82) is 0 Å². The van der Waals surface area contributed by atoms with Gasteiger partial charge in [0.1, 0.15) is 0 Å². The zero-order valence-corrected chi connectivity index (χ0v) is 12.7. The number of imidazole rings is 1. The quantitative estimate of drug-likeness (QED) is 0.900. The van der Waals surface area contributed by atoms with Gasteiger partial charge in [-0.3, -0.25) is 0 Å². The van der Waals surface area contributed by atoms with Crippen LogP contribution in [-0.4, -0.2) is 28.7 Å². The third-order valence-corrected chi connectivity index (χ3v) is 4.12. The molecule has 3 rings (SSSR count). The summed E-state index contributed by atoms with van der Waals surface area (Å²) in [5, 5.41) is 3.63. The third kappa shape index (κ3) is 3.45. The van der Waals surface area contributed by atoms with Crippen molar-refractivity contribution in [1.82, 2.24) is 9.97 Å². The number of benzene rings is 1. The summed E-state index contributed by atoms with van der Waals surface area (Å²) < 4.78 is 5.82. The predicted octanol–water partition coefficient (Wildman–Crippen LogP) is 3.69. The van der Waals surface area contributed by atoms with Crippen molar-refractivity contribution in [3.8, 4) is 11.3 Å². The van der Waals surface area contributed by atoms with Gasteiger partial charge < -0.3 is 15.0 Å². The van der Waals surface area contributed by atoms with Crippen molar-refractivity contribution >= 4 is 5.69 Å². The van der Waals surface area contributed by atoms with Crippen LogP contribution < -0.4 is 5.32 Å². The number of ether oxygens (including phenoxy) is 1. The summed E-state index contributed by atoms with van der Waals surface area (Å²) in [6.45, 7) is 5.31. The molecule has 2 atom stereocenters. The average molecular weight is 285 g/mol. The fourth-order valence-electron chi connectivity index (χ4n) is 2.82. The fraction of sp³-hybridized carbons (Fsp3) is 0.471. The molecule has 2 aromatic rings. The summed E-state index contributed by atoms with van der Waals surface area (Å²) >= 11 is 0. The molecule has 0 saturated carbocycles. The molecule has 1 aliphatic heterocycles. The molecule has 4 nitrogen and oxygen atoms in total. The van der Waals surface area contributed by atoms with E-state index in [-0.39, 0.29) is 0 Å². The maximum atomic E-state index is 5.82. The van der Waals surface area contributed by atoms with Crippen LogP contribution in [0.5, 0.6) is 0 Å². The molecule has 0 amide bonds. The van der Waals surface area contributed by atoms with Gasteiger partial charge in [-0.1, -0.05) is 26.0 Å². The van der Waals surface area contributed by atoms with E-state index in [1.165, 1.54) is 5.69 Å². The van der Waals surface area contributed by atoms with Crippen molar-refractivity contribution in [2.75, 3.05) is 11.9 Å². The highest BCUT2D eigenvalue weighted by atomic mass is 16.5. The lowest BCUT2D eigenvalue weighted by atomic mass is 9.95. The molecule has 1 aromatic carbocycles. The molecule has 4 heteroatoms. The first-order valence-corrected chi connectivity index (χ1v) is 7.69. The highest BCUT2D eigenvalue weighted by Gasteiger charge is 2.24. The van der Waals surface area contributed by atoms with E-state index < -0.39 is 0 Å². The Kier molecular flexibility index (Phi) is 4.25. The van der Waals surface area contributed by atoms with E-state index in [1.54, 1.807) is 6.33 Å². The van der Waals surface area contributed by atoms with Crippen LogP contribution in [0, 0.1) is 5.92 Å². The van der Waals surface area contributed by atoms with Gasteiger partial charge in [0.25, 0.3) is 0 Å². The van der Waals surface area contributed by atoms with Crippen LogP contribution in [0.3, 0.4) is 0 Å². The minimum absolute atomic E-state index is 0.375. The number of hydrogen-bond donors (Lipinski definition) is 2. The number of rotatable bonds is 4. The van der Waals surface area contributed by atoms with Crippen molar-refractivity contribution in [3.63, 3.8) is 0 Å². The van der Waals surface area contributed by atoms with Gasteiger partial charge in [-0.05, 0) is 36.5 Å². The molecule has 1 aromatic heterocycles. The minimum atomic E-state index is 0.375. The van der Waals surface area contributed by atoms with Gasteiger partial charge in [-0.25, -0.2) is 4.98 Å².